The standard InChI is InChI=1S/C23H23FN4O4/c1-25-21(29)17-5-3-14(11-26-17)16-7-10-28(31-13-16)12-15-4-6-18-20(19(15)24)27-22(30)23(32-18)8-2-9-23/h3-7,11H,2,8-10,12-13H2,1H3,(H,25,29)(H,27,30). The number of anilines is 1. The number of carbonyl (C=O) groups excluding carboxylic acids is 2. The molecule has 32 heavy (non-hydrogen) atoms. The SMILES string of the molecule is CNC(=O)c1ccc(C2=CCN(Cc3ccc4c(c3F)NC(=O)C3(CCC3)O4)OC2)cn1. The number of halogens is 1. The van der Waals surface area contributed by atoms with Crippen LogP contribution >= 0.6 is 0 Å². The molecule has 0 saturated heterocycles. The first-order valence-electron chi connectivity index (χ1n) is 10.6. The van der Waals surface area contributed by atoms with E-state index in [0.29, 0.717) is 43.0 Å². The van der Waals surface area contributed by atoms with Crippen LogP contribution in [0.25, 0.3) is 5.57 Å². The third-order valence-corrected chi connectivity index (χ3v) is 6.19. The molecule has 2 aromatic rings. The zero-order chi connectivity index (χ0) is 22.3. The van der Waals surface area contributed by atoms with Gasteiger partial charge in [-0.1, -0.05) is 18.2 Å². The van der Waals surface area contributed by atoms with Gasteiger partial charge in [0.05, 0.1) is 13.2 Å². The average Bonchev–Trinajstić information content (AvgIpc) is 2.80. The lowest BCUT2D eigenvalue weighted by Crippen LogP contribution is -2.55. The number of nitrogens with zero attached hydrogens (tertiary/aromatic N) is 2. The van der Waals surface area contributed by atoms with Crippen molar-refractivity contribution in [2.24, 2.45) is 0 Å². The molecule has 1 aromatic carbocycles. The molecule has 1 saturated carbocycles. The van der Waals surface area contributed by atoms with E-state index in [1.165, 1.54) is 0 Å². The maximum atomic E-state index is 15.1. The Balaban J connectivity index is 1.26. The molecule has 2 amide bonds. The predicted octanol–water partition coefficient (Wildman–Crippen LogP) is 2.66. The zero-order valence-corrected chi connectivity index (χ0v) is 17.6. The van der Waals surface area contributed by atoms with Crippen molar-refractivity contribution in [2.45, 2.75) is 31.4 Å². The summed E-state index contributed by atoms with van der Waals surface area (Å²) in [6.45, 7) is 0.975. The molecular formula is C23H23FN4O4. The molecule has 3 heterocycles. The third-order valence-electron chi connectivity index (χ3n) is 6.19. The molecule has 2 N–H and O–H groups in total. The summed E-state index contributed by atoms with van der Waals surface area (Å²) in [5.41, 5.74) is 1.83. The fraction of sp³-hybridized carbons (Fsp3) is 0.348. The smallest absolute Gasteiger partial charge is 0.269 e. The predicted molar refractivity (Wildman–Crippen MR) is 114 cm³/mol. The van der Waals surface area contributed by atoms with Gasteiger partial charge in [-0.2, -0.15) is 5.06 Å². The van der Waals surface area contributed by atoms with Gasteiger partial charge in [0.1, 0.15) is 17.1 Å². The number of carbonyl (C=O) groups is 2. The van der Waals surface area contributed by atoms with Crippen LogP contribution in [-0.2, 0) is 16.2 Å². The van der Waals surface area contributed by atoms with Gasteiger partial charge in [-0.05, 0) is 42.5 Å². The molecule has 1 fully saturated rings. The van der Waals surface area contributed by atoms with Crippen LogP contribution in [0.2, 0.25) is 0 Å². The summed E-state index contributed by atoms with van der Waals surface area (Å²) in [5, 5.41) is 6.89. The molecule has 9 heteroatoms. The Kier molecular flexibility index (Phi) is 5.15. The van der Waals surface area contributed by atoms with E-state index in [0.717, 1.165) is 17.6 Å². The summed E-state index contributed by atoms with van der Waals surface area (Å²) in [4.78, 5) is 34.0. The van der Waals surface area contributed by atoms with Crippen LogP contribution in [-0.4, -0.2) is 47.7 Å². The summed E-state index contributed by atoms with van der Waals surface area (Å²) in [6, 6.07) is 6.86. The first-order chi connectivity index (χ1) is 15.5. The van der Waals surface area contributed by atoms with Gasteiger partial charge in [0.15, 0.2) is 11.4 Å². The molecule has 5 rings (SSSR count). The summed E-state index contributed by atoms with van der Waals surface area (Å²) in [5.74, 6) is -0.643. The van der Waals surface area contributed by atoms with Gasteiger partial charge in [-0.3, -0.25) is 19.4 Å². The van der Waals surface area contributed by atoms with Crippen LogP contribution in [0.15, 0.2) is 36.5 Å². The molecule has 0 atom stereocenters. The van der Waals surface area contributed by atoms with Gasteiger partial charge in [0.25, 0.3) is 11.8 Å². The van der Waals surface area contributed by atoms with E-state index in [4.69, 9.17) is 9.57 Å². The second-order valence-electron chi connectivity index (χ2n) is 8.15. The maximum absolute atomic E-state index is 15.1. The van der Waals surface area contributed by atoms with Crippen molar-refractivity contribution in [2.75, 3.05) is 25.5 Å². The van der Waals surface area contributed by atoms with E-state index >= 15 is 4.39 Å². The summed E-state index contributed by atoms with van der Waals surface area (Å²) in [7, 11) is 1.56. The van der Waals surface area contributed by atoms with Gasteiger partial charge in [0, 0.05) is 25.4 Å². The number of hydroxylamine groups is 2. The second kappa shape index (κ2) is 7.99. The largest absolute Gasteiger partial charge is 0.475 e. The lowest BCUT2D eigenvalue weighted by molar-refractivity contribution is -0.151. The summed E-state index contributed by atoms with van der Waals surface area (Å²) in [6.07, 6.45) is 5.86. The normalized spacial score (nSPS) is 19.3. The minimum atomic E-state index is -0.828. The number of fused-ring (bicyclic) bond motifs is 1. The topological polar surface area (TPSA) is 92.8 Å². The molecule has 8 nitrogen and oxygen atoms in total. The van der Waals surface area contributed by atoms with Gasteiger partial charge in [0.2, 0.25) is 0 Å². The number of benzene rings is 1. The first-order valence-corrected chi connectivity index (χ1v) is 10.6. The van der Waals surface area contributed by atoms with Gasteiger partial charge >= 0.3 is 0 Å². The lowest BCUT2D eigenvalue weighted by atomic mass is 9.78. The highest BCUT2D eigenvalue weighted by molar-refractivity contribution is 6.01. The molecule has 1 aliphatic carbocycles. The van der Waals surface area contributed by atoms with E-state index in [1.807, 2.05) is 12.1 Å². The molecule has 1 aromatic heterocycles. The minimum absolute atomic E-state index is 0.0977. The molecule has 1 spiro atoms. The Hall–Kier alpha value is -3.30. The molecule has 3 aliphatic rings. The van der Waals surface area contributed by atoms with Crippen LogP contribution < -0.4 is 15.4 Å². The second-order valence-corrected chi connectivity index (χ2v) is 8.15. The van der Waals surface area contributed by atoms with Crippen LogP contribution in [0.3, 0.4) is 0 Å². The van der Waals surface area contributed by atoms with Gasteiger partial charge in [-0.15, -0.1) is 0 Å². The van der Waals surface area contributed by atoms with Crippen molar-refractivity contribution >= 4 is 23.1 Å². The number of rotatable bonds is 4. The number of pyridine rings is 1. The Morgan fingerprint density at radius 3 is 2.78 bits per heavy atom. The van der Waals surface area contributed by atoms with E-state index in [9.17, 15) is 9.59 Å². The van der Waals surface area contributed by atoms with Crippen molar-refractivity contribution in [1.29, 1.82) is 0 Å². The Morgan fingerprint density at radius 1 is 1.31 bits per heavy atom. The maximum Gasteiger partial charge on any atom is 0.269 e. The lowest BCUT2D eigenvalue weighted by Gasteiger charge is -2.43. The third kappa shape index (κ3) is 3.53. The van der Waals surface area contributed by atoms with Crippen molar-refractivity contribution in [3.63, 3.8) is 0 Å². The minimum Gasteiger partial charge on any atom is -0.475 e. The van der Waals surface area contributed by atoms with Crippen molar-refractivity contribution in [1.82, 2.24) is 15.4 Å². The fourth-order valence-electron chi connectivity index (χ4n) is 4.07. The molecular weight excluding hydrogens is 415 g/mol. The number of amides is 2. The monoisotopic (exact) mass is 438 g/mol. The highest BCUT2D eigenvalue weighted by Gasteiger charge is 2.50. The fourth-order valence-corrected chi connectivity index (χ4v) is 4.07. The average molecular weight is 438 g/mol. The number of ether oxygens (including phenoxy) is 1. The molecule has 0 unspecified atom stereocenters. The van der Waals surface area contributed by atoms with Crippen molar-refractivity contribution in [3.05, 3.63) is 59.2 Å². The highest BCUT2D eigenvalue weighted by Crippen LogP contribution is 2.45. The Labute approximate surface area is 184 Å². The Morgan fingerprint density at radius 2 is 2.16 bits per heavy atom. The zero-order valence-electron chi connectivity index (χ0n) is 17.6. The van der Waals surface area contributed by atoms with Gasteiger partial charge < -0.3 is 15.4 Å². The summed E-state index contributed by atoms with van der Waals surface area (Å²) < 4.78 is 20.9. The van der Waals surface area contributed by atoms with Crippen molar-refractivity contribution < 1.29 is 23.6 Å². The van der Waals surface area contributed by atoms with E-state index < -0.39 is 11.4 Å². The first kappa shape index (κ1) is 20.6. The van der Waals surface area contributed by atoms with E-state index in [1.54, 1.807) is 36.5 Å². The van der Waals surface area contributed by atoms with Crippen molar-refractivity contribution in [3.8, 4) is 5.75 Å². The molecule has 2 aliphatic heterocycles. The molecule has 166 valence electrons. The highest BCUT2D eigenvalue weighted by atomic mass is 19.1. The van der Waals surface area contributed by atoms with Crippen LogP contribution in [0.4, 0.5) is 10.1 Å². The number of hydrogen-bond acceptors (Lipinski definition) is 6. The van der Waals surface area contributed by atoms with E-state index in [2.05, 4.69) is 15.6 Å². The van der Waals surface area contributed by atoms with E-state index in [-0.39, 0.29) is 24.0 Å². The number of aromatic nitrogens is 1. The number of hydrogen-bond donors (Lipinski definition) is 2. The van der Waals surface area contributed by atoms with Crippen LogP contribution in [0.5, 0.6) is 5.75 Å². The molecule has 0 bridgehead atoms. The van der Waals surface area contributed by atoms with Gasteiger partial charge in [-0.25, -0.2) is 4.39 Å². The van der Waals surface area contributed by atoms with Crippen LogP contribution in [0, 0.1) is 5.82 Å². The number of nitrogens with one attached hydrogen (secondary N) is 2. The van der Waals surface area contributed by atoms with Crippen LogP contribution in [0.1, 0.15) is 40.9 Å². The quantitative estimate of drug-likeness (QED) is 0.763. The summed E-state index contributed by atoms with van der Waals surface area (Å²) >= 11 is 0. The molecule has 0 radical (unpaired) electrons. The Bertz CT molecular complexity index is 1110.